The highest BCUT2D eigenvalue weighted by Crippen LogP contribution is 2.65. The quantitative estimate of drug-likeness (QED) is 0.892. The van der Waals surface area contributed by atoms with Crippen LogP contribution >= 0.6 is 11.8 Å². The van der Waals surface area contributed by atoms with E-state index in [2.05, 4.69) is 13.8 Å². The summed E-state index contributed by atoms with van der Waals surface area (Å²) in [6, 6.07) is 9.95. The average Bonchev–Trinajstić information content (AvgIpc) is 2.54. The Morgan fingerprint density at radius 3 is 2.64 bits per heavy atom. The van der Waals surface area contributed by atoms with Gasteiger partial charge in [0.25, 0.3) is 0 Å². The van der Waals surface area contributed by atoms with Gasteiger partial charge in [0, 0.05) is 5.25 Å². The minimum atomic E-state index is -0.923. The summed E-state index contributed by atoms with van der Waals surface area (Å²) >= 11 is 1.88. The Kier molecular flexibility index (Phi) is 3.41. The number of hydrogen-bond donors (Lipinski definition) is 1. The Labute approximate surface area is 137 Å². The molecule has 22 heavy (non-hydrogen) atoms. The smallest absolute Gasteiger partial charge is 0.136 e. The Morgan fingerprint density at radius 1 is 1.23 bits per heavy atom. The van der Waals surface area contributed by atoms with E-state index >= 15 is 0 Å². The molecule has 0 aromatic heterocycles. The largest absolute Gasteiger partial charge is 0.382 e. The summed E-state index contributed by atoms with van der Waals surface area (Å²) in [4.78, 5) is 0. The van der Waals surface area contributed by atoms with Crippen molar-refractivity contribution in [1.82, 2.24) is 0 Å². The highest BCUT2D eigenvalue weighted by atomic mass is 32.2. The lowest BCUT2D eigenvalue weighted by Gasteiger charge is -2.64. The zero-order chi connectivity index (χ0) is 15.5. The normalized spacial score (nSPS) is 41.9. The third-order valence-electron chi connectivity index (χ3n) is 6.61. The maximum Gasteiger partial charge on any atom is 0.136 e. The SMILES string of the molecule is CC1(C)[C@H]2C[C@@H]3SC([C@](C)(O)c4ccccc4)OC[C@H]3[C@@H]1C2. The molecule has 1 unspecified atom stereocenters. The van der Waals surface area contributed by atoms with E-state index in [-0.39, 0.29) is 5.44 Å². The van der Waals surface area contributed by atoms with Crippen LogP contribution in [0.2, 0.25) is 0 Å². The lowest BCUT2D eigenvalue weighted by Crippen LogP contribution is -2.60. The van der Waals surface area contributed by atoms with Crippen LogP contribution in [0.5, 0.6) is 0 Å². The lowest BCUT2D eigenvalue weighted by molar-refractivity contribution is -0.146. The van der Waals surface area contributed by atoms with Crippen molar-refractivity contribution >= 4 is 11.8 Å². The second-order valence-corrected chi connectivity index (χ2v) is 9.42. The first-order valence-corrected chi connectivity index (χ1v) is 9.40. The molecule has 6 atom stereocenters. The molecule has 1 N–H and O–H groups in total. The van der Waals surface area contributed by atoms with Crippen molar-refractivity contribution in [1.29, 1.82) is 0 Å². The minimum absolute atomic E-state index is 0.156. The van der Waals surface area contributed by atoms with Crippen LogP contribution in [0.4, 0.5) is 0 Å². The monoisotopic (exact) mass is 318 g/mol. The van der Waals surface area contributed by atoms with Crippen LogP contribution in [0.3, 0.4) is 0 Å². The molecule has 0 radical (unpaired) electrons. The van der Waals surface area contributed by atoms with Crippen LogP contribution in [0.25, 0.3) is 0 Å². The first-order chi connectivity index (χ1) is 10.4. The molecule has 3 saturated carbocycles. The standard InChI is InChI=1S/C19H26O2S/c1-18(2)13-9-15(18)14-11-21-17(22-16(14)10-13)19(3,20)12-7-5-4-6-8-12/h4-8,13-17,20H,9-11H2,1-3H3/t13-,14+,15+,16+,17?,19-/m1/s1. The number of hydrogen-bond acceptors (Lipinski definition) is 3. The molecule has 0 spiro atoms. The predicted molar refractivity (Wildman–Crippen MR) is 90.6 cm³/mol. The molecule has 5 rings (SSSR count). The van der Waals surface area contributed by atoms with E-state index in [4.69, 9.17) is 4.74 Å². The van der Waals surface area contributed by atoms with Gasteiger partial charge in [0.1, 0.15) is 11.0 Å². The third-order valence-corrected chi connectivity index (χ3v) is 8.35. The second-order valence-electron chi connectivity index (χ2n) is 8.11. The summed E-state index contributed by atoms with van der Waals surface area (Å²) in [5.41, 5.74) is 0.373. The van der Waals surface area contributed by atoms with Gasteiger partial charge in [-0.15, -0.1) is 11.8 Å². The maximum absolute atomic E-state index is 11.0. The zero-order valence-electron chi connectivity index (χ0n) is 13.7. The van der Waals surface area contributed by atoms with E-state index in [9.17, 15) is 5.11 Å². The average molecular weight is 318 g/mol. The summed E-state index contributed by atoms with van der Waals surface area (Å²) < 4.78 is 6.17. The van der Waals surface area contributed by atoms with E-state index in [1.807, 2.05) is 49.0 Å². The van der Waals surface area contributed by atoms with E-state index in [0.717, 1.165) is 24.0 Å². The summed E-state index contributed by atoms with van der Waals surface area (Å²) in [7, 11) is 0. The molecule has 4 aliphatic rings. The molecule has 2 nitrogen and oxygen atoms in total. The second kappa shape index (κ2) is 4.99. The molecule has 1 heterocycles. The van der Waals surface area contributed by atoms with Gasteiger partial charge in [-0.3, -0.25) is 0 Å². The number of aliphatic hydroxyl groups is 1. The zero-order valence-corrected chi connectivity index (χ0v) is 14.5. The molecule has 120 valence electrons. The Morgan fingerprint density at radius 2 is 1.95 bits per heavy atom. The van der Waals surface area contributed by atoms with E-state index in [1.165, 1.54) is 12.8 Å². The summed E-state index contributed by atoms with van der Waals surface area (Å²) in [5, 5.41) is 11.7. The van der Waals surface area contributed by atoms with Gasteiger partial charge in [0.05, 0.1) is 6.61 Å². The first-order valence-electron chi connectivity index (χ1n) is 8.45. The van der Waals surface area contributed by atoms with Gasteiger partial charge in [0.2, 0.25) is 0 Å². The highest BCUT2D eigenvalue weighted by molar-refractivity contribution is 8.00. The van der Waals surface area contributed by atoms with Gasteiger partial charge in [0.15, 0.2) is 0 Å². The molecular formula is C19H26O2S. The van der Waals surface area contributed by atoms with E-state index in [0.29, 0.717) is 16.6 Å². The van der Waals surface area contributed by atoms with Crippen LogP contribution < -0.4 is 0 Å². The van der Waals surface area contributed by atoms with Crippen molar-refractivity contribution in [2.45, 2.75) is 49.9 Å². The lowest BCUT2D eigenvalue weighted by atomic mass is 9.45. The fourth-order valence-corrected chi connectivity index (χ4v) is 6.57. The summed E-state index contributed by atoms with van der Waals surface area (Å²) in [6.45, 7) is 7.57. The van der Waals surface area contributed by atoms with E-state index < -0.39 is 5.60 Å². The Hall–Kier alpha value is -0.510. The molecule has 2 bridgehead atoms. The molecule has 1 saturated heterocycles. The topological polar surface area (TPSA) is 29.5 Å². The van der Waals surface area contributed by atoms with Gasteiger partial charge in [-0.05, 0) is 48.5 Å². The molecule has 3 heteroatoms. The number of thioether (sulfide) groups is 1. The molecular weight excluding hydrogens is 292 g/mol. The van der Waals surface area contributed by atoms with Gasteiger partial charge >= 0.3 is 0 Å². The van der Waals surface area contributed by atoms with Crippen molar-refractivity contribution in [3.8, 4) is 0 Å². The van der Waals surface area contributed by atoms with Crippen molar-refractivity contribution < 1.29 is 9.84 Å². The fraction of sp³-hybridized carbons (Fsp3) is 0.684. The molecule has 4 fully saturated rings. The number of rotatable bonds is 2. The molecule has 1 aromatic rings. The molecule has 0 amide bonds. The van der Waals surface area contributed by atoms with Gasteiger partial charge in [-0.1, -0.05) is 44.2 Å². The summed E-state index contributed by atoms with van der Waals surface area (Å²) in [6.07, 6.45) is 2.68. The molecule has 1 aromatic carbocycles. The first kappa shape index (κ1) is 15.0. The molecule has 3 aliphatic carbocycles. The summed E-state index contributed by atoms with van der Waals surface area (Å²) in [5.74, 6) is 2.35. The van der Waals surface area contributed by atoms with Crippen molar-refractivity contribution in [3.05, 3.63) is 35.9 Å². The van der Waals surface area contributed by atoms with Gasteiger partial charge < -0.3 is 9.84 Å². The number of benzene rings is 1. The molecule has 1 aliphatic heterocycles. The van der Waals surface area contributed by atoms with Crippen LogP contribution in [0, 0.1) is 23.2 Å². The Balaban J connectivity index is 1.52. The van der Waals surface area contributed by atoms with Gasteiger partial charge in [-0.2, -0.15) is 0 Å². The minimum Gasteiger partial charge on any atom is -0.382 e. The number of ether oxygens (including phenoxy) is 1. The third kappa shape index (κ3) is 2.09. The van der Waals surface area contributed by atoms with Gasteiger partial charge in [-0.25, -0.2) is 0 Å². The van der Waals surface area contributed by atoms with Crippen molar-refractivity contribution in [2.75, 3.05) is 6.61 Å². The van der Waals surface area contributed by atoms with Crippen LogP contribution in [-0.2, 0) is 10.3 Å². The maximum atomic E-state index is 11.0. The van der Waals surface area contributed by atoms with Crippen molar-refractivity contribution in [3.63, 3.8) is 0 Å². The van der Waals surface area contributed by atoms with Crippen LogP contribution in [-0.4, -0.2) is 22.4 Å². The predicted octanol–water partition coefficient (Wildman–Crippen LogP) is 4.03. The highest BCUT2D eigenvalue weighted by Gasteiger charge is 2.60. The fourth-order valence-electron chi connectivity index (χ4n) is 4.88. The van der Waals surface area contributed by atoms with Crippen LogP contribution in [0.15, 0.2) is 30.3 Å². The Bertz CT molecular complexity index is 554. The van der Waals surface area contributed by atoms with Crippen LogP contribution in [0.1, 0.15) is 39.2 Å². The van der Waals surface area contributed by atoms with E-state index in [1.54, 1.807) is 0 Å². The van der Waals surface area contributed by atoms with Crippen molar-refractivity contribution in [2.24, 2.45) is 23.2 Å².